The van der Waals surface area contributed by atoms with Crippen molar-refractivity contribution < 1.29 is 0 Å². The minimum atomic E-state index is 0.191. The van der Waals surface area contributed by atoms with Crippen molar-refractivity contribution in [1.29, 1.82) is 0 Å². The van der Waals surface area contributed by atoms with E-state index >= 15 is 0 Å². The monoisotopic (exact) mass is 315 g/mol. The van der Waals surface area contributed by atoms with E-state index in [-0.39, 0.29) is 6.04 Å². The van der Waals surface area contributed by atoms with Crippen LogP contribution in [0, 0.1) is 5.92 Å². The van der Waals surface area contributed by atoms with Crippen molar-refractivity contribution in [2.45, 2.75) is 31.8 Å². The first-order chi connectivity index (χ1) is 8.61. The number of halogens is 1. The second-order valence-corrected chi connectivity index (χ2v) is 6.16. The van der Waals surface area contributed by atoms with E-state index in [1.165, 1.54) is 18.5 Å². The Morgan fingerprint density at radius 3 is 2.89 bits per heavy atom. The first kappa shape index (κ1) is 14.0. The molecule has 0 aliphatic heterocycles. The van der Waals surface area contributed by atoms with Crippen LogP contribution in [0.25, 0.3) is 0 Å². The van der Waals surface area contributed by atoms with Gasteiger partial charge in [-0.2, -0.15) is 5.10 Å². The maximum absolute atomic E-state index is 5.71. The molecule has 3 N–H and O–H groups in total. The first-order valence-corrected chi connectivity index (χ1v) is 7.23. The highest BCUT2D eigenvalue weighted by Crippen LogP contribution is 2.38. The van der Waals surface area contributed by atoms with E-state index in [2.05, 4.69) is 50.1 Å². The van der Waals surface area contributed by atoms with E-state index in [0.29, 0.717) is 0 Å². The normalized spacial score (nSPS) is 17.4. The Kier molecular flexibility index (Phi) is 4.77. The van der Waals surface area contributed by atoms with Gasteiger partial charge in [-0.3, -0.25) is 16.0 Å². The number of hydrogen-bond acceptors (Lipinski definition) is 4. The lowest BCUT2D eigenvalue weighted by Crippen LogP contribution is -2.31. The van der Waals surface area contributed by atoms with Crippen molar-refractivity contribution in [1.82, 2.24) is 20.1 Å². The minimum Gasteiger partial charge on any atom is -0.308 e. The minimum absolute atomic E-state index is 0.191. The number of nitrogens with one attached hydrogen (secondary N) is 1. The summed E-state index contributed by atoms with van der Waals surface area (Å²) >= 11 is 3.58. The summed E-state index contributed by atoms with van der Waals surface area (Å²) in [5.74, 6) is 6.54. The summed E-state index contributed by atoms with van der Waals surface area (Å²) in [6, 6.07) is 0.191. The van der Waals surface area contributed by atoms with Crippen molar-refractivity contribution in [3.63, 3.8) is 0 Å². The summed E-state index contributed by atoms with van der Waals surface area (Å²) in [7, 11) is 4.14. The third kappa shape index (κ3) is 3.54. The molecule has 1 fully saturated rings. The average Bonchev–Trinajstić information content (AvgIpc) is 3.07. The van der Waals surface area contributed by atoms with E-state index in [1.807, 2.05) is 6.20 Å². The Balaban J connectivity index is 2.09. The quantitative estimate of drug-likeness (QED) is 0.591. The topological polar surface area (TPSA) is 59.1 Å². The molecular formula is C12H22BrN5. The second-order valence-electron chi connectivity index (χ2n) is 5.30. The number of hydrazine groups is 1. The van der Waals surface area contributed by atoms with Gasteiger partial charge < -0.3 is 4.90 Å². The molecular weight excluding hydrogens is 294 g/mol. The van der Waals surface area contributed by atoms with E-state index in [1.54, 1.807) is 0 Å². The van der Waals surface area contributed by atoms with Crippen LogP contribution in [0.1, 0.15) is 31.0 Å². The zero-order valence-electron chi connectivity index (χ0n) is 11.1. The number of likely N-dealkylation sites (N-methyl/N-ethyl adjacent to an activating group) is 1. The van der Waals surface area contributed by atoms with Gasteiger partial charge in [0.1, 0.15) is 0 Å². The van der Waals surface area contributed by atoms with Gasteiger partial charge >= 0.3 is 0 Å². The molecule has 1 aromatic rings. The van der Waals surface area contributed by atoms with Crippen LogP contribution in [-0.2, 0) is 6.54 Å². The van der Waals surface area contributed by atoms with Crippen LogP contribution in [-0.4, -0.2) is 35.3 Å². The van der Waals surface area contributed by atoms with Crippen LogP contribution in [0.15, 0.2) is 10.7 Å². The number of hydrogen-bond donors (Lipinski definition) is 2. The van der Waals surface area contributed by atoms with Gasteiger partial charge in [0.25, 0.3) is 0 Å². The Labute approximate surface area is 117 Å². The van der Waals surface area contributed by atoms with Crippen molar-refractivity contribution in [2.75, 3.05) is 20.6 Å². The fraction of sp³-hybridized carbons (Fsp3) is 0.750. The second kappa shape index (κ2) is 6.14. The Hall–Kier alpha value is -0.430. The van der Waals surface area contributed by atoms with E-state index in [9.17, 15) is 0 Å². The average molecular weight is 316 g/mol. The summed E-state index contributed by atoms with van der Waals surface area (Å²) in [6.07, 6.45) is 5.63. The molecule has 5 nitrogen and oxygen atoms in total. The fourth-order valence-electron chi connectivity index (χ4n) is 2.14. The molecule has 1 aromatic heterocycles. The van der Waals surface area contributed by atoms with Crippen LogP contribution in [0.3, 0.4) is 0 Å². The predicted molar refractivity (Wildman–Crippen MR) is 75.9 cm³/mol. The molecule has 6 heteroatoms. The lowest BCUT2D eigenvalue weighted by molar-refractivity contribution is 0.358. The molecule has 1 heterocycles. The van der Waals surface area contributed by atoms with Gasteiger partial charge in [0, 0.05) is 6.54 Å². The van der Waals surface area contributed by atoms with E-state index in [0.717, 1.165) is 29.9 Å². The molecule has 0 radical (unpaired) electrons. The summed E-state index contributed by atoms with van der Waals surface area (Å²) in [5.41, 5.74) is 4.11. The Morgan fingerprint density at radius 2 is 2.33 bits per heavy atom. The van der Waals surface area contributed by atoms with Crippen LogP contribution >= 0.6 is 15.9 Å². The summed E-state index contributed by atoms with van der Waals surface area (Å²) in [4.78, 5) is 2.16. The molecule has 1 saturated carbocycles. The molecule has 0 saturated heterocycles. The molecule has 0 spiro atoms. The third-order valence-electron chi connectivity index (χ3n) is 3.39. The largest absolute Gasteiger partial charge is 0.308 e. The summed E-state index contributed by atoms with van der Waals surface area (Å²) < 4.78 is 3.10. The van der Waals surface area contributed by atoms with Gasteiger partial charge in [0.05, 0.1) is 29.0 Å². The van der Waals surface area contributed by atoms with Crippen molar-refractivity contribution in [3.05, 3.63) is 16.4 Å². The summed E-state index contributed by atoms with van der Waals surface area (Å²) in [5, 5.41) is 4.43. The fourth-order valence-corrected chi connectivity index (χ4v) is 2.71. The van der Waals surface area contributed by atoms with Crippen LogP contribution in [0.2, 0.25) is 0 Å². The Bertz CT molecular complexity index is 386. The molecule has 102 valence electrons. The lowest BCUT2D eigenvalue weighted by atomic mass is 10.1. The Morgan fingerprint density at radius 1 is 1.61 bits per heavy atom. The van der Waals surface area contributed by atoms with Gasteiger partial charge in [-0.15, -0.1) is 0 Å². The van der Waals surface area contributed by atoms with Crippen molar-refractivity contribution in [2.24, 2.45) is 11.8 Å². The van der Waals surface area contributed by atoms with Crippen molar-refractivity contribution >= 4 is 15.9 Å². The first-order valence-electron chi connectivity index (χ1n) is 6.44. The third-order valence-corrected chi connectivity index (χ3v) is 4.00. The molecule has 1 aliphatic carbocycles. The van der Waals surface area contributed by atoms with Gasteiger partial charge in [-0.05, 0) is 42.4 Å². The zero-order valence-corrected chi connectivity index (χ0v) is 12.7. The SMILES string of the molecule is CN(C)CCn1ncc(Br)c1C(CC1CC1)NN. The standard InChI is InChI=1S/C12H22BrN5/c1-17(2)5-6-18-12(10(13)8-15-18)11(16-14)7-9-3-4-9/h8-9,11,16H,3-7,14H2,1-2H3. The predicted octanol–water partition coefficient (Wildman–Crippen LogP) is 1.51. The highest BCUT2D eigenvalue weighted by Gasteiger charge is 2.28. The van der Waals surface area contributed by atoms with Gasteiger partial charge in [-0.25, -0.2) is 0 Å². The molecule has 1 atom stereocenters. The molecule has 0 bridgehead atoms. The smallest absolute Gasteiger partial charge is 0.0709 e. The zero-order chi connectivity index (χ0) is 13.1. The maximum atomic E-state index is 5.71. The summed E-state index contributed by atoms with van der Waals surface area (Å²) in [6.45, 7) is 1.86. The van der Waals surface area contributed by atoms with Gasteiger partial charge in [-0.1, -0.05) is 12.8 Å². The highest BCUT2D eigenvalue weighted by molar-refractivity contribution is 9.10. The lowest BCUT2D eigenvalue weighted by Gasteiger charge is -2.19. The number of aromatic nitrogens is 2. The van der Waals surface area contributed by atoms with E-state index < -0.39 is 0 Å². The molecule has 0 aromatic carbocycles. The molecule has 2 rings (SSSR count). The van der Waals surface area contributed by atoms with E-state index in [4.69, 9.17) is 5.84 Å². The van der Waals surface area contributed by atoms with Crippen LogP contribution < -0.4 is 11.3 Å². The van der Waals surface area contributed by atoms with Crippen LogP contribution in [0.5, 0.6) is 0 Å². The van der Waals surface area contributed by atoms with Gasteiger partial charge in [0.2, 0.25) is 0 Å². The number of nitrogens with two attached hydrogens (primary N) is 1. The molecule has 18 heavy (non-hydrogen) atoms. The maximum Gasteiger partial charge on any atom is 0.0709 e. The van der Waals surface area contributed by atoms with Crippen LogP contribution in [0.4, 0.5) is 0 Å². The number of rotatable bonds is 7. The number of nitrogens with zero attached hydrogens (tertiary/aromatic N) is 3. The molecule has 0 amide bonds. The molecule has 1 unspecified atom stereocenters. The van der Waals surface area contributed by atoms with Crippen molar-refractivity contribution in [3.8, 4) is 0 Å². The molecule has 1 aliphatic rings. The van der Waals surface area contributed by atoms with Gasteiger partial charge in [0.15, 0.2) is 0 Å². The highest BCUT2D eigenvalue weighted by atomic mass is 79.9.